The highest BCUT2D eigenvalue weighted by atomic mass is 32.2. The van der Waals surface area contributed by atoms with Crippen molar-refractivity contribution in [2.24, 2.45) is 0 Å². The molecule has 0 aliphatic carbocycles. The van der Waals surface area contributed by atoms with E-state index in [1.165, 1.54) is 24.3 Å². The summed E-state index contributed by atoms with van der Waals surface area (Å²) in [6.45, 7) is 2.06. The molecule has 6 heteroatoms. The second-order valence-corrected chi connectivity index (χ2v) is 6.45. The molecule has 5 nitrogen and oxygen atoms in total. The number of allylic oxidation sites excluding steroid dienone is 2. The van der Waals surface area contributed by atoms with Crippen molar-refractivity contribution < 1.29 is 17.9 Å². The Balaban J connectivity index is 3.21. The van der Waals surface area contributed by atoms with Crippen LogP contribution in [0.2, 0.25) is 0 Å². The number of carbonyl (C=O) groups excluding carboxylic acids is 1. The first kappa shape index (κ1) is 18.5. The number of ether oxygens (including phenoxy) is 1. The minimum absolute atomic E-state index is 0.0321. The maximum atomic E-state index is 12.6. The van der Waals surface area contributed by atoms with Crippen molar-refractivity contribution >= 4 is 15.8 Å². The second kappa shape index (κ2) is 8.81. The molecule has 0 unspecified atom stereocenters. The van der Waals surface area contributed by atoms with Crippen molar-refractivity contribution in [1.82, 2.24) is 4.90 Å². The topological polar surface area (TPSA) is 63.7 Å². The van der Waals surface area contributed by atoms with E-state index in [0.29, 0.717) is 6.54 Å². The van der Waals surface area contributed by atoms with Crippen LogP contribution in [0.4, 0.5) is 0 Å². The van der Waals surface area contributed by atoms with Crippen LogP contribution in [0.3, 0.4) is 0 Å². The Hall–Kier alpha value is -2.52. The molecule has 0 spiro atoms. The Kier molecular flexibility index (Phi) is 7.10. The first-order valence-corrected chi connectivity index (χ1v) is 8.41. The van der Waals surface area contributed by atoms with Crippen LogP contribution in [0.5, 0.6) is 0 Å². The fraction of sp³-hybridized carbons (Fsp3) is 0.235. The van der Waals surface area contributed by atoms with Gasteiger partial charge in [0.25, 0.3) is 0 Å². The summed E-state index contributed by atoms with van der Waals surface area (Å²) in [5.41, 5.74) is 0. The van der Waals surface area contributed by atoms with Gasteiger partial charge in [-0.1, -0.05) is 24.1 Å². The van der Waals surface area contributed by atoms with Gasteiger partial charge in [0.1, 0.15) is 0 Å². The van der Waals surface area contributed by atoms with Crippen molar-refractivity contribution in [1.29, 1.82) is 0 Å². The van der Waals surface area contributed by atoms with Crippen molar-refractivity contribution in [3.63, 3.8) is 0 Å². The van der Waals surface area contributed by atoms with Gasteiger partial charge in [0.2, 0.25) is 9.84 Å². The predicted molar refractivity (Wildman–Crippen MR) is 88.9 cm³/mol. The molecule has 0 bridgehead atoms. The lowest BCUT2D eigenvalue weighted by Gasteiger charge is -2.09. The summed E-state index contributed by atoms with van der Waals surface area (Å²) in [4.78, 5) is 13.3. The maximum absolute atomic E-state index is 12.6. The van der Waals surface area contributed by atoms with Crippen LogP contribution < -0.4 is 0 Å². The number of nitrogens with zero attached hydrogens (tertiary/aromatic N) is 1. The fourth-order valence-corrected chi connectivity index (χ4v) is 2.98. The number of rotatable bonds is 7. The minimum Gasteiger partial charge on any atom is -0.462 e. The molecule has 0 amide bonds. The fourth-order valence-electron chi connectivity index (χ4n) is 1.67. The third-order valence-electron chi connectivity index (χ3n) is 2.75. The zero-order chi connectivity index (χ0) is 17.3. The molecule has 0 N–H and O–H groups in total. The molecule has 0 aliphatic rings. The van der Waals surface area contributed by atoms with Crippen molar-refractivity contribution in [2.45, 2.75) is 11.8 Å². The van der Waals surface area contributed by atoms with Gasteiger partial charge in [-0.15, -0.1) is 6.42 Å². The molecule has 0 saturated heterocycles. The summed E-state index contributed by atoms with van der Waals surface area (Å²) in [7, 11) is -2.22. The molecular weight excluding hydrogens is 314 g/mol. The Morgan fingerprint density at radius 1 is 1.35 bits per heavy atom. The number of hydrogen-bond donors (Lipinski definition) is 0. The van der Waals surface area contributed by atoms with Gasteiger partial charge in [-0.3, -0.25) is 0 Å². The molecule has 122 valence electrons. The largest absolute Gasteiger partial charge is 0.462 e. The molecule has 1 aromatic rings. The van der Waals surface area contributed by atoms with Gasteiger partial charge in [-0.25, -0.2) is 13.2 Å². The van der Waals surface area contributed by atoms with Gasteiger partial charge in [-0.2, -0.15) is 0 Å². The molecule has 0 fully saturated rings. The van der Waals surface area contributed by atoms with E-state index in [4.69, 9.17) is 11.2 Å². The summed E-state index contributed by atoms with van der Waals surface area (Å²) >= 11 is 0. The van der Waals surface area contributed by atoms with E-state index in [1.54, 1.807) is 43.3 Å². The van der Waals surface area contributed by atoms with Gasteiger partial charge in [0.15, 0.2) is 4.91 Å². The monoisotopic (exact) mass is 333 g/mol. The van der Waals surface area contributed by atoms with E-state index < -0.39 is 20.7 Å². The second-order valence-electron chi connectivity index (χ2n) is 4.53. The van der Waals surface area contributed by atoms with Gasteiger partial charge in [0.05, 0.1) is 18.0 Å². The van der Waals surface area contributed by atoms with Crippen LogP contribution in [0.25, 0.3) is 0 Å². The van der Waals surface area contributed by atoms with Crippen LogP contribution >= 0.6 is 0 Å². The standard InChI is InChI=1S/C17H19NO4S/c1-4-13-18(3)14-9-12-16(17(19)22-5-2)23(20,21)15-10-7-6-8-11-15/h1,6-12,14H,5,13H2,2-3H3/b14-9+,16-12-. The van der Waals surface area contributed by atoms with Crippen LogP contribution in [0, 0.1) is 12.3 Å². The summed E-state index contributed by atoms with van der Waals surface area (Å²) in [5.74, 6) is 1.56. The summed E-state index contributed by atoms with van der Waals surface area (Å²) < 4.78 is 30.1. The number of hydrogen-bond acceptors (Lipinski definition) is 5. The zero-order valence-electron chi connectivity index (χ0n) is 13.1. The molecule has 0 heterocycles. The van der Waals surface area contributed by atoms with Crippen molar-refractivity contribution in [2.75, 3.05) is 20.2 Å². The first-order chi connectivity index (χ1) is 10.9. The van der Waals surface area contributed by atoms with Gasteiger partial charge in [-0.05, 0) is 37.4 Å². The normalized spacial score (nSPS) is 12.0. The highest BCUT2D eigenvalue weighted by molar-refractivity contribution is 7.96. The summed E-state index contributed by atoms with van der Waals surface area (Å²) in [6.07, 6.45) is 9.43. The lowest BCUT2D eigenvalue weighted by atomic mass is 10.4. The van der Waals surface area contributed by atoms with Crippen LogP contribution in [-0.4, -0.2) is 39.5 Å². The summed E-state index contributed by atoms with van der Waals surface area (Å²) in [5, 5.41) is 0. The van der Waals surface area contributed by atoms with Crippen LogP contribution in [0.15, 0.2) is 58.5 Å². The minimum atomic E-state index is -3.96. The summed E-state index contributed by atoms with van der Waals surface area (Å²) in [6, 6.07) is 7.73. The van der Waals surface area contributed by atoms with E-state index >= 15 is 0 Å². The van der Waals surface area contributed by atoms with E-state index in [-0.39, 0.29) is 11.5 Å². The van der Waals surface area contributed by atoms with Crippen molar-refractivity contribution in [3.8, 4) is 12.3 Å². The molecule has 0 aromatic heterocycles. The van der Waals surface area contributed by atoms with Gasteiger partial charge in [0, 0.05) is 7.05 Å². The Bertz CT molecular complexity index is 728. The molecule has 23 heavy (non-hydrogen) atoms. The highest BCUT2D eigenvalue weighted by Gasteiger charge is 2.27. The van der Waals surface area contributed by atoms with Crippen LogP contribution in [0.1, 0.15) is 6.92 Å². The molecule has 1 aromatic carbocycles. The lowest BCUT2D eigenvalue weighted by Crippen LogP contribution is -2.17. The number of carbonyl (C=O) groups is 1. The molecule has 0 aliphatic heterocycles. The van der Waals surface area contributed by atoms with E-state index in [9.17, 15) is 13.2 Å². The number of benzene rings is 1. The van der Waals surface area contributed by atoms with Gasteiger partial charge < -0.3 is 9.64 Å². The molecule has 0 saturated carbocycles. The van der Waals surface area contributed by atoms with E-state index in [1.807, 2.05) is 0 Å². The third-order valence-corrected chi connectivity index (χ3v) is 4.52. The van der Waals surface area contributed by atoms with Gasteiger partial charge >= 0.3 is 5.97 Å². The number of sulfone groups is 1. The van der Waals surface area contributed by atoms with Crippen LogP contribution in [-0.2, 0) is 19.4 Å². The molecular formula is C17H19NO4S. The SMILES string of the molecule is C#CCN(C)/C=C/C=C(/C(=O)OCC)S(=O)(=O)c1ccccc1. The van der Waals surface area contributed by atoms with Crippen molar-refractivity contribution in [3.05, 3.63) is 53.6 Å². The average molecular weight is 333 g/mol. The molecule has 1 rings (SSSR count). The number of terminal acetylenes is 1. The molecule has 0 radical (unpaired) electrons. The maximum Gasteiger partial charge on any atom is 0.350 e. The Morgan fingerprint density at radius 3 is 2.57 bits per heavy atom. The zero-order valence-corrected chi connectivity index (χ0v) is 13.9. The third kappa shape index (κ3) is 5.31. The predicted octanol–water partition coefficient (Wildman–Crippen LogP) is 1.99. The Labute approximate surface area is 137 Å². The quantitative estimate of drug-likeness (QED) is 0.330. The number of esters is 1. The smallest absolute Gasteiger partial charge is 0.350 e. The van der Waals surface area contributed by atoms with E-state index in [0.717, 1.165) is 0 Å². The highest BCUT2D eigenvalue weighted by Crippen LogP contribution is 2.20. The lowest BCUT2D eigenvalue weighted by molar-refractivity contribution is -0.137. The first-order valence-electron chi connectivity index (χ1n) is 6.93. The average Bonchev–Trinajstić information content (AvgIpc) is 2.52. The Morgan fingerprint density at radius 2 is 2.00 bits per heavy atom. The molecule has 0 atom stereocenters. The van der Waals surface area contributed by atoms with E-state index in [2.05, 4.69) is 5.92 Å².